The van der Waals surface area contributed by atoms with E-state index in [-0.39, 0.29) is 18.4 Å². The summed E-state index contributed by atoms with van der Waals surface area (Å²) < 4.78 is 26.9. The van der Waals surface area contributed by atoms with Crippen LogP contribution in [0.1, 0.15) is 12.8 Å². The molecule has 1 amide bonds. The topological polar surface area (TPSA) is 66.5 Å². The van der Waals surface area contributed by atoms with E-state index in [0.29, 0.717) is 34.3 Å². The van der Waals surface area contributed by atoms with Crippen LogP contribution in [-0.2, 0) is 14.8 Å². The first-order chi connectivity index (χ1) is 11.5. The minimum absolute atomic E-state index is 0.191. The Hall–Kier alpha value is -1.41. The molecule has 1 saturated heterocycles. The van der Waals surface area contributed by atoms with Gasteiger partial charge in [-0.25, -0.2) is 8.42 Å². The molecule has 128 valence electrons. The fourth-order valence-corrected chi connectivity index (χ4v) is 5.56. The van der Waals surface area contributed by atoms with Crippen molar-refractivity contribution in [1.29, 1.82) is 0 Å². The molecular formula is C16H17ClN2O3S2. The number of amides is 1. The number of piperidine rings is 1. The van der Waals surface area contributed by atoms with Crippen molar-refractivity contribution in [1.82, 2.24) is 4.31 Å². The number of sulfonamides is 1. The summed E-state index contributed by atoms with van der Waals surface area (Å²) in [5.41, 5.74) is 0.544. The third kappa shape index (κ3) is 3.64. The summed E-state index contributed by atoms with van der Waals surface area (Å²) >= 11 is 7.25. The molecule has 5 nitrogen and oxygen atoms in total. The second-order valence-electron chi connectivity index (χ2n) is 5.60. The Morgan fingerprint density at radius 3 is 2.75 bits per heavy atom. The fourth-order valence-electron chi connectivity index (χ4n) is 2.71. The number of carbonyl (C=O) groups excluding carboxylic acids is 1. The van der Waals surface area contributed by atoms with E-state index < -0.39 is 10.0 Å². The highest BCUT2D eigenvalue weighted by Crippen LogP contribution is 2.28. The van der Waals surface area contributed by atoms with Gasteiger partial charge in [-0.2, -0.15) is 4.31 Å². The number of carbonyl (C=O) groups is 1. The molecule has 0 radical (unpaired) electrons. The molecule has 0 aliphatic carbocycles. The number of hydrogen-bond donors (Lipinski definition) is 1. The summed E-state index contributed by atoms with van der Waals surface area (Å²) in [6.07, 6.45) is 1.32. The Bertz CT molecular complexity index is 822. The minimum Gasteiger partial charge on any atom is -0.324 e. The fraction of sp³-hybridized carbons (Fsp3) is 0.312. The number of thiophene rings is 1. The molecule has 1 fully saturated rings. The number of benzene rings is 1. The van der Waals surface area contributed by atoms with Crippen LogP contribution in [0.3, 0.4) is 0 Å². The molecule has 8 heteroatoms. The van der Waals surface area contributed by atoms with E-state index in [1.54, 1.807) is 41.8 Å². The van der Waals surface area contributed by atoms with E-state index in [2.05, 4.69) is 5.32 Å². The molecule has 2 aromatic rings. The van der Waals surface area contributed by atoms with Crippen LogP contribution in [0.15, 0.2) is 46.0 Å². The number of nitrogens with one attached hydrogen (secondary N) is 1. The van der Waals surface area contributed by atoms with E-state index in [0.717, 1.165) is 0 Å². The van der Waals surface area contributed by atoms with Gasteiger partial charge in [0.15, 0.2) is 0 Å². The molecule has 3 rings (SSSR count). The minimum atomic E-state index is -3.52. The van der Waals surface area contributed by atoms with Crippen LogP contribution in [0.5, 0.6) is 0 Å². The van der Waals surface area contributed by atoms with Crippen molar-refractivity contribution in [3.05, 3.63) is 46.8 Å². The molecule has 1 N–H and O–H groups in total. The average Bonchev–Trinajstić information content (AvgIpc) is 3.12. The third-order valence-corrected chi connectivity index (χ3v) is 7.54. The molecule has 0 unspecified atom stereocenters. The molecule has 2 heterocycles. The summed E-state index contributed by atoms with van der Waals surface area (Å²) in [6.45, 7) is 0.632. The van der Waals surface area contributed by atoms with Gasteiger partial charge in [-0.3, -0.25) is 4.79 Å². The van der Waals surface area contributed by atoms with Gasteiger partial charge in [0.05, 0.1) is 16.6 Å². The maximum Gasteiger partial charge on any atom is 0.252 e. The van der Waals surface area contributed by atoms with Crippen LogP contribution < -0.4 is 5.32 Å². The molecule has 1 aromatic carbocycles. The van der Waals surface area contributed by atoms with Crippen LogP contribution in [0.25, 0.3) is 0 Å². The lowest BCUT2D eigenvalue weighted by Crippen LogP contribution is -2.43. The predicted octanol–water partition coefficient (Wildman–Crippen LogP) is 3.44. The predicted molar refractivity (Wildman–Crippen MR) is 95.9 cm³/mol. The number of rotatable bonds is 4. The standard InChI is InChI=1S/C16H17ClN2O3S2/c17-13-6-1-2-7-14(13)18-16(20)12-5-3-9-19(11-12)24(21,22)15-8-4-10-23-15/h1-2,4,6-8,10,12H,3,5,9,11H2,(H,18,20)/t12-/m1/s1. The van der Waals surface area contributed by atoms with Crippen LogP contribution in [-0.4, -0.2) is 31.7 Å². The Labute approximate surface area is 150 Å². The maximum atomic E-state index is 12.6. The summed E-state index contributed by atoms with van der Waals surface area (Å²) in [4.78, 5) is 12.5. The van der Waals surface area contributed by atoms with Gasteiger partial charge in [0, 0.05) is 13.1 Å². The summed E-state index contributed by atoms with van der Waals surface area (Å²) in [5.74, 6) is -0.584. The van der Waals surface area contributed by atoms with Gasteiger partial charge in [-0.1, -0.05) is 29.8 Å². The van der Waals surface area contributed by atoms with E-state index in [1.807, 2.05) is 0 Å². The zero-order valence-electron chi connectivity index (χ0n) is 12.8. The van der Waals surface area contributed by atoms with Crippen LogP contribution in [0.2, 0.25) is 5.02 Å². The molecule has 0 bridgehead atoms. The molecule has 1 atom stereocenters. The molecule has 1 aliphatic rings. The first-order valence-electron chi connectivity index (χ1n) is 7.57. The molecule has 24 heavy (non-hydrogen) atoms. The lowest BCUT2D eigenvalue weighted by Gasteiger charge is -2.30. The van der Waals surface area contributed by atoms with Crippen molar-refractivity contribution in [2.45, 2.75) is 17.1 Å². The Morgan fingerprint density at radius 1 is 1.25 bits per heavy atom. The van der Waals surface area contributed by atoms with E-state index in [4.69, 9.17) is 11.6 Å². The number of anilines is 1. The zero-order chi connectivity index (χ0) is 17.2. The molecule has 0 saturated carbocycles. The normalized spacial score (nSPS) is 19.1. The van der Waals surface area contributed by atoms with Crippen molar-refractivity contribution >= 4 is 44.6 Å². The largest absolute Gasteiger partial charge is 0.324 e. The van der Waals surface area contributed by atoms with Crippen molar-refractivity contribution in [2.75, 3.05) is 18.4 Å². The van der Waals surface area contributed by atoms with Crippen molar-refractivity contribution in [3.8, 4) is 0 Å². The zero-order valence-corrected chi connectivity index (χ0v) is 15.2. The quantitative estimate of drug-likeness (QED) is 0.878. The number of hydrogen-bond acceptors (Lipinski definition) is 4. The van der Waals surface area contributed by atoms with Gasteiger partial charge < -0.3 is 5.32 Å². The number of nitrogens with zero attached hydrogens (tertiary/aromatic N) is 1. The summed E-state index contributed by atoms with van der Waals surface area (Å²) in [6, 6.07) is 10.3. The number of halogens is 1. The van der Waals surface area contributed by atoms with Crippen LogP contribution >= 0.6 is 22.9 Å². The molecular weight excluding hydrogens is 368 g/mol. The molecule has 1 aliphatic heterocycles. The second kappa shape index (κ2) is 7.23. The first-order valence-corrected chi connectivity index (χ1v) is 10.3. The van der Waals surface area contributed by atoms with E-state index in [1.165, 1.54) is 15.6 Å². The Morgan fingerprint density at radius 2 is 2.04 bits per heavy atom. The van der Waals surface area contributed by atoms with Crippen LogP contribution in [0, 0.1) is 5.92 Å². The van der Waals surface area contributed by atoms with Crippen molar-refractivity contribution in [3.63, 3.8) is 0 Å². The summed E-state index contributed by atoms with van der Waals surface area (Å²) in [7, 11) is -3.52. The van der Waals surface area contributed by atoms with Gasteiger partial charge in [0.2, 0.25) is 5.91 Å². The van der Waals surface area contributed by atoms with E-state index >= 15 is 0 Å². The molecule has 0 spiro atoms. The second-order valence-corrected chi connectivity index (χ2v) is 9.12. The highest BCUT2D eigenvalue weighted by atomic mass is 35.5. The lowest BCUT2D eigenvalue weighted by atomic mass is 9.99. The first kappa shape index (κ1) is 17.4. The average molecular weight is 385 g/mol. The smallest absolute Gasteiger partial charge is 0.252 e. The number of para-hydroxylation sites is 1. The van der Waals surface area contributed by atoms with Gasteiger partial charge in [0.25, 0.3) is 10.0 Å². The highest BCUT2D eigenvalue weighted by molar-refractivity contribution is 7.91. The maximum absolute atomic E-state index is 12.6. The monoisotopic (exact) mass is 384 g/mol. The summed E-state index contributed by atoms with van der Waals surface area (Å²) in [5, 5.41) is 4.99. The van der Waals surface area contributed by atoms with Crippen molar-refractivity contribution < 1.29 is 13.2 Å². The van der Waals surface area contributed by atoms with Gasteiger partial charge in [-0.05, 0) is 36.4 Å². The van der Waals surface area contributed by atoms with Crippen molar-refractivity contribution in [2.24, 2.45) is 5.92 Å². The van der Waals surface area contributed by atoms with Crippen LogP contribution in [0.4, 0.5) is 5.69 Å². The Balaban J connectivity index is 1.72. The SMILES string of the molecule is O=C(Nc1ccccc1Cl)[C@@H]1CCCN(S(=O)(=O)c2cccs2)C1. The third-order valence-electron chi connectivity index (χ3n) is 3.98. The van der Waals surface area contributed by atoms with Gasteiger partial charge >= 0.3 is 0 Å². The van der Waals surface area contributed by atoms with Gasteiger partial charge in [-0.15, -0.1) is 11.3 Å². The lowest BCUT2D eigenvalue weighted by molar-refractivity contribution is -0.120. The van der Waals surface area contributed by atoms with E-state index in [9.17, 15) is 13.2 Å². The Kier molecular flexibility index (Phi) is 5.24. The highest BCUT2D eigenvalue weighted by Gasteiger charge is 2.33. The molecule has 1 aromatic heterocycles. The van der Waals surface area contributed by atoms with Gasteiger partial charge in [0.1, 0.15) is 4.21 Å².